The van der Waals surface area contributed by atoms with Crippen molar-refractivity contribution in [1.29, 1.82) is 0 Å². The highest BCUT2D eigenvalue weighted by molar-refractivity contribution is 4.86. The van der Waals surface area contributed by atoms with E-state index in [-0.39, 0.29) is 6.92 Å². The van der Waals surface area contributed by atoms with Gasteiger partial charge in [0.25, 0.3) is 5.85 Å². The summed E-state index contributed by atoms with van der Waals surface area (Å²) in [4.78, 5) is 0. The van der Waals surface area contributed by atoms with Gasteiger partial charge in [0, 0.05) is 6.92 Å². The van der Waals surface area contributed by atoms with Gasteiger partial charge >= 0.3 is 12.1 Å². The second kappa shape index (κ2) is 2.26. The zero-order valence-electron chi connectivity index (χ0n) is 5.22. The molecule has 1 N–H and O–H groups in total. The van der Waals surface area contributed by atoms with E-state index in [0.717, 1.165) is 0 Å². The van der Waals surface area contributed by atoms with Crippen LogP contribution < -0.4 is 0 Å². The summed E-state index contributed by atoms with van der Waals surface area (Å²) in [5.74, 6) is -10.3. The molecule has 68 valence electrons. The summed E-state index contributed by atoms with van der Waals surface area (Å²) < 4.78 is 68.7. The lowest BCUT2D eigenvalue weighted by atomic mass is 10.2. The highest BCUT2D eigenvalue weighted by Gasteiger charge is 2.69. The molecule has 0 aliphatic carbocycles. The Morgan fingerprint density at radius 1 is 0.909 bits per heavy atom. The molecule has 0 aliphatic heterocycles. The monoisotopic (exact) mass is 182 g/mol. The fourth-order valence-electron chi connectivity index (χ4n) is 0.259. The molecule has 0 heterocycles. The third-order valence-corrected chi connectivity index (χ3v) is 0.929. The standard InChI is InChI=1S/C4H4F6O/c1-2(5,11)3(6,7)4(8,9)10/h11H,1H3. The van der Waals surface area contributed by atoms with Crippen LogP contribution in [-0.4, -0.2) is 23.1 Å². The SMILES string of the molecule is CC(O)(F)C(F)(F)C(F)(F)F. The van der Waals surface area contributed by atoms with E-state index < -0.39 is 18.0 Å². The first-order valence-corrected chi connectivity index (χ1v) is 2.36. The summed E-state index contributed by atoms with van der Waals surface area (Å²) in [5.41, 5.74) is 0. The molecule has 1 unspecified atom stereocenters. The van der Waals surface area contributed by atoms with Crippen LogP contribution in [0.2, 0.25) is 0 Å². The van der Waals surface area contributed by atoms with Crippen molar-refractivity contribution in [2.75, 3.05) is 0 Å². The van der Waals surface area contributed by atoms with E-state index >= 15 is 0 Å². The van der Waals surface area contributed by atoms with Crippen LogP contribution in [0.1, 0.15) is 6.92 Å². The maximum absolute atomic E-state index is 11.7. The number of rotatable bonds is 1. The molecule has 0 fully saturated rings. The van der Waals surface area contributed by atoms with Crippen molar-refractivity contribution < 1.29 is 31.4 Å². The zero-order valence-corrected chi connectivity index (χ0v) is 5.22. The minimum Gasteiger partial charge on any atom is -0.357 e. The maximum atomic E-state index is 11.7. The van der Waals surface area contributed by atoms with E-state index in [1.165, 1.54) is 0 Å². The Morgan fingerprint density at radius 3 is 1.18 bits per heavy atom. The van der Waals surface area contributed by atoms with E-state index in [9.17, 15) is 26.3 Å². The predicted octanol–water partition coefficient (Wildman–Crippen LogP) is 1.86. The van der Waals surface area contributed by atoms with E-state index in [1.54, 1.807) is 0 Å². The van der Waals surface area contributed by atoms with Gasteiger partial charge in [0.05, 0.1) is 0 Å². The van der Waals surface area contributed by atoms with Crippen molar-refractivity contribution in [1.82, 2.24) is 0 Å². The van der Waals surface area contributed by atoms with Crippen LogP contribution in [0.4, 0.5) is 26.3 Å². The van der Waals surface area contributed by atoms with Crippen LogP contribution in [0.3, 0.4) is 0 Å². The van der Waals surface area contributed by atoms with Crippen molar-refractivity contribution in [3.63, 3.8) is 0 Å². The average Bonchev–Trinajstić information content (AvgIpc) is 1.58. The van der Waals surface area contributed by atoms with Crippen molar-refractivity contribution in [3.05, 3.63) is 0 Å². The number of alkyl halides is 6. The predicted molar refractivity (Wildman–Crippen MR) is 22.7 cm³/mol. The zero-order chi connectivity index (χ0) is 9.50. The molecule has 0 aromatic heterocycles. The summed E-state index contributed by atoms with van der Waals surface area (Å²) in [5, 5.41) is 7.74. The molecule has 0 bridgehead atoms. The van der Waals surface area contributed by atoms with Gasteiger partial charge in [0.15, 0.2) is 0 Å². The van der Waals surface area contributed by atoms with Crippen molar-refractivity contribution in [2.45, 2.75) is 24.9 Å². The highest BCUT2D eigenvalue weighted by Crippen LogP contribution is 2.43. The topological polar surface area (TPSA) is 20.2 Å². The van der Waals surface area contributed by atoms with E-state index in [4.69, 9.17) is 5.11 Å². The Hall–Kier alpha value is -0.460. The largest absolute Gasteiger partial charge is 0.459 e. The van der Waals surface area contributed by atoms with Gasteiger partial charge in [0.1, 0.15) is 0 Å². The Balaban J connectivity index is 4.75. The highest BCUT2D eigenvalue weighted by atomic mass is 19.4. The van der Waals surface area contributed by atoms with E-state index in [2.05, 4.69) is 0 Å². The van der Waals surface area contributed by atoms with Gasteiger partial charge in [-0.05, 0) is 0 Å². The molecule has 7 heteroatoms. The first-order chi connectivity index (χ1) is 4.50. The van der Waals surface area contributed by atoms with Crippen molar-refractivity contribution >= 4 is 0 Å². The number of hydrogen-bond acceptors (Lipinski definition) is 1. The van der Waals surface area contributed by atoms with Gasteiger partial charge in [-0.25, -0.2) is 4.39 Å². The quantitative estimate of drug-likeness (QED) is 0.613. The van der Waals surface area contributed by atoms with Gasteiger partial charge in [-0.15, -0.1) is 0 Å². The van der Waals surface area contributed by atoms with Crippen LogP contribution in [0.5, 0.6) is 0 Å². The molecular formula is C4H4F6O. The molecule has 0 spiro atoms. The molecule has 11 heavy (non-hydrogen) atoms. The average molecular weight is 182 g/mol. The Morgan fingerprint density at radius 2 is 1.18 bits per heavy atom. The van der Waals surface area contributed by atoms with Gasteiger partial charge in [-0.1, -0.05) is 0 Å². The van der Waals surface area contributed by atoms with Crippen LogP contribution in [0.25, 0.3) is 0 Å². The lowest BCUT2D eigenvalue weighted by molar-refractivity contribution is -0.367. The Kier molecular flexibility index (Phi) is 2.17. The minimum atomic E-state index is -6.08. The molecule has 0 rings (SSSR count). The fraction of sp³-hybridized carbons (Fsp3) is 1.00. The summed E-state index contributed by atoms with van der Waals surface area (Å²) in [7, 11) is 0. The molecule has 0 aliphatic rings. The van der Waals surface area contributed by atoms with Crippen LogP contribution in [-0.2, 0) is 0 Å². The van der Waals surface area contributed by atoms with Crippen molar-refractivity contribution in [2.24, 2.45) is 0 Å². The molecular weight excluding hydrogens is 178 g/mol. The summed E-state index contributed by atoms with van der Waals surface area (Å²) in [6, 6.07) is 0. The second-order valence-corrected chi connectivity index (χ2v) is 2.03. The van der Waals surface area contributed by atoms with Crippen LogP contribution in [0.15, 0.2) is 0 Å². The van der Waals surface area contributed by atoms with E-state index in [1.807, 2.05) is 0 Å². The summed E-state index contributed by atoms with van der Waals surface area (Å²) in [6.45, 7) is -0.263. The van der Waals surface area contributed by atoms with Crippen LogP contribution in [0, 0.1) is 0 Å². The molecule has 1 atom stereocenters. The first-order valence-electron chi connectivity index (χ1n) is 2.36. The lowest BCUT2D eigenvalue weighted by Crippen LogP contribution is -2.52. The normalized spacial score (nSPS) is 19.6. The van der Waals surface area contributed by atoms with Gasteiger partial charge in [0.2, 0.25) is 0 Å². The molecule has 0 aromatic rings. The van der Waals surface area contributed by atoms with Crippen molar-refractivity contribution in [3.8, 4) is 0 Å². The number of halogens is 6. The number of hydrogen-bond donors (Lipinski definition) is 1. The summed E-state index contributed by atoms with van der Waals surface area (Å²) >= 11 is 0. The van der Waals surface area contributed by atoms with Gasteiger partial charge in [-0.3, -0.25) is 0 Å². The van der Waals surface area contributed by atoms with Crippen LogP contribution >= 0.6 is 0 Å². The van der Waals surface area contributed by atoms with Gasteiger partial charge < -0.3 is 5.11 Å². The fourth-order valence-corrected chi connectivity index (χ4v) is 0.259. The second-order valence-electron chi connectivity index (χ2n) is 2.03. The Labute approximate surface area is 57.6 Å². The Bertz CT molecular complexity index is 126. The molecule has 0 aromatic carbocycles. The third-order valence-electron chi connectivity index (χ3n) is 0.929. The number of aliphatic hydroxyl groups is 1. The first kappa shape index (κ1) is 10.5. The third kappa shape index (κ3) is 1.76. The molecule has 0 amide bonds. The van der Waals surface area contributed by atoms with Gasteiger partial charge in [-0.2, -0.15) is 22.0 Å². The minimum absolute atomic E-state index is 0.263. The molecule has 0 saturated carbocycles. The molecule has 1 nitrogen and oxygen atoms in total. The van der Waals surface area contributed by atoms with E-state index in [0.29, 0.717) is 0 Å². The molecule has 0 radical (unpaired) electrons. The summed E-state index contributed by atoms with van der Waals surface area (Å²) in [6.07, 6.45) is -6.08. The molecule has 0 saturated heterocycles. The smallest absolute Gasteiger partial charge is 0.357 e. The lowest BCUT2D eigenvalue weighted by Gasteiger charge is -2.26. The maximum Gasteiger partial charge on any atom is 0.459 e.